The molecule has 4 rings (SSSR count). The molecule has 3 aromatic rings. The highest BCUT2D eigenvalue weighted by Crippen LogP contribution is 2.33. The smallest absolute Gasteiger partial charge is 0.260 e. The number of furan rings is 1. The summed E-state index contributed by atoms with van der Waals surface area (Å²) >= 11 is 3.25. The predicted octanol–water partition coefficient (Wildman–Crippen LogP) is 4.22. The van der Waals surface area contributed by atoms with Gasteiger partial charge in [0.15, 0.2) is 0 Å². The number of H-pyrrole nitrogens is 1. The van der Waals surface area contributed by atoms with Crippen LogP contribution in [-0.2, 0) is 4.74 Å². The minimum atomic E-state index is -0.104. The van der Waals surface area contributed by atoms with Crippen molar-refractivity contribution in [2.24, 2.45) is 0 Å². The van der Waals surface area contributed by atoms with Crippen LogP contribution in [0.3, 0.4) is 0 Å². The molecular weight excluding hydrogens is 344 g/mol. The SMILES string of the molecule is C[C@H](SC[C@@H]1CCCO1)c1nc2scc(-c3ccco3)c2c(=O)[nH]1. The first-order valence-corrected chi connectivity index (χ1v) is 9.93. The van der Waals surface area contributed by atoms with E-state index in [1.807, 2.05) is 17.5 Å². The van der Waals surface area contributed by atoms with Gasteiger partial charge >= 0.3 is 0 Å². The van der Waals surface area contributed by atoms with Gasteiger partial charge in [0.1, 0.15) is 16.4 Å². The Labute approximate surface area is 147 Å². The fourth-order valence-electron chi connectivity index (χ4n) is 2.88. The number of fused-ring (bicyclic) bond motifs is 1. The molecule has 24 heavy (non-hydrogen) atoms. The van der Waals surface area contributed by atoms with Gasteiger partial charge in [-0.15, -0.1) is 23.1 Å². The van der Waals surface area contributed by atoms with E-state index in [-0.39, 0.29) is 10.8 Å². The van der Waals surface area contributed by atoms with Crippen LogP contribution in [0.5, 0.6) is 0 Å². The van der Waals surface area contributed by atoms with Gasteiger partial charge in [0.05, 0.1) is 23.0 Å². The summed E-state index contributed by atoms with van der Waals surface area (Å²) in [5.41, 5.74) is 0.701. The molecule has 0 spiro atoms. The summed E-state index contributed by atoms with van der Waals surface area (Å²) in [5, 5.41) is 2.66. The van der Waals surface area contributed by atoms with Crippen molar-refractivity contribution in [3.8, 4) is 11.3 Å². The van der Waals surface area contributed by atoms with Crippen LogP contribution in [0.25, 0.3) is 21.5 Å². The lowest BCUT2D eigenvalue weighted by Crippen LogP contribution is -2.14. The average molecular weight is 362 g/mol. The minimum Gasteiger partial charge on any atom is -0.464 e. The Morgan fingerprint density at radius 3 is 3.21 bits per heavy atom. The lowest BCUT2D eigenvalue weighted by atomic mass is 10.2. The molecule has 2 atom stereocenters. The molecule has 0 saturated carbocycles. The Balaban J connectivity index is 1.60. The Kier molecular flexibility index (Phi) is 4.47. The van der Waals surface area contributed by atoms with E-state index in [0.29, 0.717) is 17.3 Å². The number of nitrogens with one attached hydrogen (secondary N) is 1. The zero-order valence-electron chi connectivity index (χ0n) is 13.3. The number of rotatable bonds is 5. The fraction of sp³-hybridized carbons (Fsp3) is 0.412. The topological polar surface area (TPSA) is 68.1 Å². The number of hydrogen-bond donors (Lipinski definition) is 1. The molecule has 1 fully saturated rings. The average Bonchev–Trinajstić information content (AvgIpc) is 3.31. The maximum atomic E-state index is 12.6. The molecular formula is C17H18N2O3S2. The van der Waals surface area contributed by atoms with Crippen LogP contribution in [0.1, 0.15) is 30.8 Å². The highest BCUT2D eigenvalue weighted by molar-refractivity contribution is 7.99. The van der Waals surface area contributed by atoms with Gasteiger partial charge < -0.3 is 14.1 Å². The lowest BCUT2D eigenvalue weighted by molar-refractivity contribution is 0.129. The third-order valence-corrected chi connectivity index (χ3v) is 6.35. The number of thiophene rings is 1. The molecule has 4 heterocycles. The zero-order valence-corrected chi connectivity index (χ0v) is 14.9. The van der Waals surface area contributed by atoms with Gasteiger partial charge in [-0.25, -0.2) is 4.98 Å². The second kappa shape index (κ2) is 6.74. The number of thioether (sulfide) groups is 1. The Morgan fingerprint density at radius 1 is 1.54 bits per heavy atom. The molecule has 1 N–H and O–H groups in total. The highest BCUT2D eigenvalue weighted by Gasteiger charge is 2.20. The van der Waals surface area contributed by atoms with Gasteiger partial charge in [-0.2, -0.15) is 0 Å². The third-order valence-electron chi connectivity index (χ3n) is 4.19. The van der Waals surface area contributed by atoms with E-state index in [0.717, 1.165) is 41.4 Å². The molecule has 1 saturated heterocycles. The summed E-state index contributed by atoms with van der Waals surface area (Å²) in [6, 6.07) is 3.67. The van der Waals surface area contributed by atoms with Gasteiger partial charge in [0, 0.05) is 23.3 Å². The van der Waals surface area contributed by atoms with E-state index >= 15 is 0 Å². The number of aromatic amines is 1. The van der Waals surface area contributed by atoms with Crippen molar-refractivity contribution in [3.05, 3.63) is 40.0 Å². The van der Waals surface area contributed by atoms with E-state index in [2.05, 4.69) is 16.9 Å². The largest absolute Gasteiger partial charge is 0.464 e. The van der Waals surface area contributed by atoms with Crippen LogP contribution in [0.15, 0.2) is 33.0 Å². The highest BCUT2D eigenvalue weighted by atomic mass is 32.2. The second-order valence-corrected chi connectivity index (χ2v) is 8.10. The van der Waals surface area contributed by atoms with E-state index in [4.69, 9.17) is 9.15 Å². The fourth-order valence-corrected chi connectivity index (χ4v) is 4.85. The number of hydrogen-bond acceptors (Lipinski definition) is 6. The van der Waals surface area contributed by atoms with Crippen molar-refractivity contribution in [3.63, 3.8) is 0 Å². The van der Waals surface area contributed by atoms with E-state index in [1.165, 1.54) is 11.3 Å². The van der Waals surface area contributed by atoms with Crippen LogP contribution < -0.4 is 5.56 Å². The van der Waals surface area contributed by atoms with Crippen LogP contribution >= 0.6 is 23.1 Å². The molecule has 0 unspecified atom stereocenters. The molecule has 3 aromatic heterocycles. The quantitative estimate of drug-likeness (QED) is 0.736. The van der Waals surface area contributed by atoms with Crippen molar-refractivity contribution in [2.45, 2.75) is 31.1 Å². The predicted molar refractivity (Wildman–Crippen MR) is 97.8 cm³/mol. The van der Waals surface area contributed by atoms with Crippen LogP contribution in [0.4, 0.5) is 0 Å². The molecule has 1 aliphatic heterocycles. The van der Waals surface area contributed by atoms with Gasteiger partial charge in [-0.05, 0) is 31.9 Å². The van der Waals surface area contributed by atoms with E-state index in [1.54, 1.807) is 18.0 Å². The molecule has 0 amide bonds. The summed E-state index contributed by atoms with van der Waals surface area (Å²) in [4.78, 5) is 21.0. The maximum Gasteiger partial charge on any atom is 0.260 e. The standard InChI is InChI=1S/C17H18N2O3S2/c1-10(23-8-11-4-2-6-21-11)15-18-16(20)14-12(9-24-17(14)19-15)13-5-3-7-22-13/h3,5,7,9-11H,2,4,6,8H2,1H3,(H,18,19,20)/t10-,11-/m0/s1. The molecule has 0 aliphatic carbocycles. The van der Waals surface area contributed by atoms with Gasteiger partial charge in [-0.3, -0.25) is 4.79 Å². The Hall–Kier alpha value is -1.57. The molecule has 5 nitrogen and oxygen atoms in total. The molecule has 0 aromatic carbocycles. The van der Waals surface area contributed by atoms with Crippen LogP contribution in [0, 0.1) is 0 Å². The van der Waals surface area contributed by atoms with Crippen LogP contribution in [0.2, 0.25) is 0 Å². The summed E-state index contributed by atoms with van der Waals surface area (Å²) in [6.45, 7) is 2.94. The zero-order chi connectivity index (χ0) is 16.5. The summed E-state index contributed by atoms with van der Waals surface area (Å²) in [7, 11) is 0. The Morgan fingerprint density at radius 2 is 2.46 bits per heavy atom. The summed E-state index contributed by atoms with van der Waals surface area (Å²) < 4.78 is 11.1. The second-order valence-electron chi connectivity index (χ2n) is 5.87. The van der Waals surface area contributed by atoms with Crippen molar-refractivity contribution >= 4 is 33.3 Å². The number of aromatic nitrogens is 2. The van der Waals surface area contributed by atoms with Crippen molar-refractivity contribution in [1.82, 2.24) is 9.97 Å². The third kappa shape index (κ3) is 3.03. The molecule has 0 radical (unpaired) electrons. The molecule has 7 heteroatoms. The van der Waals surface area contributed by atoms with Gasteiger partial charge in [0.25, 0.3) is 5.56 Å². The van der Waals surface area contributed by atoms with Crippen molar-refractivity contribution in [1.29, 1.82) is 0 Å². The van der Waals surface area contributed by atoms with E-state index < -0.39 is 0 Å². The maximum absolute atomic E-state index is 12.6. The summed E-state index contributed by atoms with van der Waals surface area (Å²) in [5.74, 6) is 2.36. The minimum absolute atomic E-state index is 0.104. The van der Waals surface area contributed by atoms with Crippen molar-refractivity contribution < 1.29 is 9.15 Å². The molecule has 1 aliphatic rings. The first-order valence-electron chi connectivity index (χ1n) is 8.01. The van der Waals surface area contributed by atoms with Gasteiger partial charge in [-0.1, -0.05) is 0 Å². The first-order chi connectivity index (χ1) is 11.7. The Bertz CT molecular complexity index is 879. The summed E-state index contributed by atoms with van der Waals surface area (Å²) in [6.07, 6.45) is 4.21. The van der Waals surface area contributed by atoms with Crippen molar-refractivity contribution in [2.75, 3.05) is 12.4 Å². The van der Waals surface area contributed by atoms with Crippen LogP contribution in [-0.4, -0.2) is 28.4 Å². The molecule has 0 bridgehead atoms. The number of nitrogens with zero attached hydrogens (tertiary/aromatic N) is 1. The normalized spacial score (nSPS) is 19.1. The van der Waals surface area contributed by atoms with Gasteiger partial charge in [0.2, 0.25) is 0 Å². The lowest BCUT2D eigenvalue weighted by Gasteiger charge is -2.13. The molecule has 126 valence electrons. The number of ether oxygens (including phenoxy) is 1. The first kappa shape index (κ1) is 15.9. The van der Waals surface area contributed by atoms with E-state index in [9.17, 15) is 4.79 Å². The monoisotopic (exact) mass is 362 g/mol.